The van der Waals surface area contributed by atoms with Crippen LogP contribution in [0.2, 0.25) is 0 Å². The zero-order chi connectivity index (χ0) is 8.27. The highest BCUT2D eigenvalue weighted by Gasteiger charge is 1.86. The van der Waals surface area contributed by atoms with Crippen molar-refractivity contribution in [3.05, 3.63) is 33.1 Å². The van der Waals surface area contributed by atoms with Crippen LogP contribution in [0.25, 0.3) is 12.2 Å². The van der Waals surface area contributed by atoms with Crippen LogP contribution in [-0.4, -0.2) is 4.98 Å². The lowest BCUT2D eigenvalue weighted by molar-refractivity contribution is 1.19. The molecular weight excluding hydrogens is 138 g/mol. The van der Waals surface area contributed by atoms with Crippen molar-refractivity contribution >= 4 is 12.2 Å². The minimum absolute atomic E-state index is 0.0688. The summed E-state index contributed by atoms with van der Waals surface area (Å²) in [5.41, 5.74) is 0.0688. The van der Waals surface area contributed by atoms with Gasteiger partial charge in [-0.25, -0.2) is 0 Å². The molecule has 0 aromatic carbocycles. The minimum atomic E-state index is 0.0688. The number of aromatic amines is 1. The molecular formula is C9H11NO. The second-order valence-electron chi connectivity index (χ2n) is 2.25. The van der Waals surface area contributed by atoms with Gasteiger partial charge in [0, 0.05) is 22.8 Å². The first-order valence-corrected chi connectivity index (χ1v) is 3.60. The van der Waals surface area contributed by atoms with E-state index in [2.05, 4.69) is 4.98 Å². The number of pyridine rings is 1. The van der Waals surface area contributed by atoms with Gasteiger partial charge in [0.1, 0.15) is 0 Å². The molecule has 2 heteroatoms. The maximum absolute atomic E-state index is 11.2. The van der Waals surface area contributed by atoms with E-state index in [0.29, 0.717) is 0 Å². The van der Waals surface area contributed by atoms with Crippen LogP contribution in [0.3, 0.4) is 0 Å². The first kappa shape index (κ1) is 7.79. The predicted octanol–water partition coefficient (Wildman–Crippen LogP) is -0.0243. The third kappa shape index (κ3) is 1.40. The molecule has 0 aliphatic rings. The van der Waals surface area contributed by atoms with Crippen LogP contribution in [0.4, 0.5) is 0 Å². The van der Waals surface area contributed by atoms with Gasteiger partial charge >= 0.3 is 0 Å². The van der Waals surface area contributed by atoms with Gasteiger partial charge in [0.05, 0.1) is 0 Å². The number of nitrogens with one attached hydrogen (secondary N) is 1. The van der Waals surface area contributed by atoms with E-state index < -0.39 is 0 Å². The molecule has 0 saturated heterocycles. The van der Waals surface area contributed by atoms with Crippen LogP contribution in [0, 0.1) is 0 Å². The summed E-state index contributed by atoms with van der Waals surface area (Å²) in [6.07, 6.45) is 5.36. The molecule has 1 aromatic rings. The van der Waals surface area contributed by atoms with Crippen molar-refractivity contribution in [3.8, 4) is 0 Å². The van der Waals surface area contributed by atoms with E-state index in [-0.39, 0.29) is 5.43 Å². The van der Waals surface area contributed by atoms with Gasteiger partial charge in [-0.05, 0) is 13.8 Å². The number of hydrogen-bond donors (Lipinski definition) is 1. The fraction of sp³-hybridized carbons (Fsp3) is 0.222. The summed E-state index contributed by atoms with van der Waals surface area (Å²) in [5, 5.41) is 1.63. The molecule has 0 spiro atoms. The first-order valence-electron chi connectivity index (χ1n) is 3.60. The topological polar surface area (TPSA) is 32.9 Å². The Morgan fingerprint density at radius 2 is 2.09 bits per heavy atom. The Labute approximate surface area is 64.9 Å². The molecule has 0 fully saturated rings. The standard InChI is InChI=1S/C9H11NO/c1-3-7-8(4-2)10-6-5-9(7)11/h3-6,10H,1-2H3/b7-3+,8-4+. The number of H-pyrrole nitrogens is 1. The van der Waals surface area contributed by atoms with Crippen molar-refractivity contribution in [2.45, 2.75) is 13.8 Å². The highest BCUT2D eigenvalue weighted by atomic mass is 16.1. The zero-order valence-electron chi connectivity index (χ0n) is 6.72. The van der Waals surface area contributed by atoms with Crippen molar-refractivity contribution in [1.82, 2.24) is 4.98 Å². The van der Waals surface area contributed by atoms with Gasteiger partial charge < -0.3 is 4.98 Å². The van der Waals surface area contributed by atoms with Crippen LogP contribution in [0.5, 0.6) is 0 Å². The minimum Gasteiger partial charge on any atom is -0.361 e. The van der Waals surface area contributed by atoms with Gasteiger partial charge in [0.25, 0.3) is 0 Å². The van der Waals surface area contributed by atoms with E-state index in [1.807, 2.05) is 26.0 Å². The van der Waals surface area contributed by atoms with Crippen LogP contribution < -0.4 is 16.0 Å². The quantitative estimate of drug-likeness (QED) is 0.552. The summed E-state index contributed by atoms with van der Waals surface area (Å²) in [7, 11) is 0. The van der Waals surface area contributed by atoms with Gasteiger partial charge in [0.2, 0.25) is 0 Å². The summed E-state index contributed by atoms with van der Waals surface area (Å²) in [5.74, 6) is 0. The molecule has 0 aliphatic heterocycles. The fourth-order valence-electron chi connectivity index (χ4n) is 1.04. The van der Waals surface area contributed by atoms with Gasteiger partial charge in [-0.3, -0.25) is 4.79 Å². The molecule has 58 valence electrons. The first-order chi connectivity index (χ1) is 5.29. The molecule has 0 amide bonds. The van der Waals surface area contributed by atoms with Crippen molar-refractivity contribution in [2.75, 3.05) is 0 Å². The van der Waals surface area contributed by atoms with Crippen LogP contribution in [0.1, 0.15) is 13.8 Å². The van der Waals surface area contributed by atoms with E-state index in [9.17, 15) is 4.79 Å². The lowest BCUT2D eigenvalue weighted by atomic mass is 10.3. The van der Waals surface area contributed by atoms with E-state index in [1.54, 1.807) is 6.20 Å². The predicted molar refractivity (Wildman–Crippen MR) is 46.6 cm³/mol. The second kappa shape index (κ2) is 3.19. The van der Waals surface area contributed by atoms with Crippen molar-refractivity contribution in [3.63, 3.8) is 0 Å². The summed E-state index contributed by atoms with van der Waals surface area (Å²) >= 11 is 0. The fourth-order valence-corrected chi connectivity index (χ4v) is 1.04. The summed E-state index contributed by atoms with van der Waals surface area (Å²) in [4.78, 5) is 14.2. The number of rotatable bonds is 0. The van der Waals surface area contributed by atoms with Crippen LogP contribution in [0.15, 0.2) is 17.1 Å². The highest BCUT2D eigenvalue weighted by molar-refractivity contribution is 5.24. The summed E-state index contributed by atoms with van der Waals surface area (Å²) < 4.78 is 0. The molecule has 0 saturated carbocycles. The maximum atomic E-state index is 11.2. The molecule has 0 bridgehead atoms. The third-order valence-corrected chi connectivity index (χ3v) is 1.61. The lowest BCUT2D eigenvalue weighted by Crippen LogP contribution is -2.39. The smallest absolute Gasteiger partial charge is 0.189 e. The normalized spacial score (nSPS) is 14.0. The van der Waals surface area contributed by atoms with Crippen LogP contribution >= 0.6 is 0 Å². The van der Waals surface area contributed by atoms with Crippen molar-refractivity contribution < 1.29 is 0 Å². The van der Waals surface area contributed by atoms with Crippen molar-refractivity contribution in [2.24, 2.45) is 0 Å². The lowest BCUT2D eigenvalue weighted by Gasteiger charge is -1.86. The number of aromatic nitrogens is 1. The van der Waals surface area contributed by atoms with E-state index >= 15 is 0 Å². The SMILES string of the molecule is C/C=c1/[nH]ccc(=O)/c1=C/C. The van der Waals surface area contributed by atoms with Gasteiger partial charge in [-0.1, -0.05) is 12.2 Å². The molecule has 1 rings (SSSR count). The van der Waals surface area contributed by atoms with Gasteiger partial charge in [-0.2, -0.15) is 0 Å². The Morgan fingerprint density at radius 1 is 1.36 bits per heavy atom. The molecule has 1 N–H and O–H groups in total. The van der Waals surface area contributed by atoms with Gasteiger partial charge in [0.15, 0.2) is 5.43 Å². The van der Waals surface area contributed by atoms with Crippen molar-refractivity contribution in [1.29, 1.82) is 0 Å². The Hall–Kier alpha value is -1.31. The van der Waals surface area contributed by atoms with Gasteiger partial charge in [-0.15, -0.1) is 0 Å². The Kier molecular flexibility index (Phi) is 2.26. The van der Waals surface area contributed by atoms with E-state index in [0.717, 1.165) is 10.6 Å². The molecule has 0 radical (unpaired) electrons. The average Bonchev–Trinajstić information content (AvgIpc) is 2.04. The molecule has 1 aromatic heterocycles. The largest absolute Gasteiger partial charge is 0.361 e. The summed E-state index contributed by atoms with van der Waals surface area (Å²) in [6.45, 7) is 3.76. The Balaban J connectivity index is 3.80. The monoisotopic (exact) mass is 149 g/mol. The van der Waals surface area contributed by atoms with E-state index in [1.165, 1.54) is 6.07 Å². The molecule has 0 atom stereocenters. The van der Waals surface area contributed by atoms with E-state index in [4.69, 9.17) is 0 Å². The zero-order valence-corrected chi connectivity index (χ0v) is 6.72. The van der Waals surface area contributed by atoms with Crippen LogP contribution in [-0.2, 0) is 0 Å². The summed E-state index contributed by atoms with van der Waals surface area (Å²) in [6, 6.07) is 1.53. The molecule has 0 unspecified atom stereocenters. The highest BCUT2D eigenvalue weighted by Crippen LogP contribution is 1.59. The number of hydrogen-bond acceptors (Lipinski definition) is 1. The second-order valence-corrected chi connectivity index (χ2v) is 2.25. The molecule has 0 aliphatic carbocycles. The maximum Gasteiger partial charge on any atom is 0.189 e. The molecule has 1 heterocycles. The molecule has 2 nitrogen and oxygen atoms in total. The third-order valence-electron chi connectivity index (χ3n) is 1.61. The Morgan fingerprint density at radius 3 is 2.55 bits per heavy atom. The molecule has 11 heavy (non-hydrogen) atoms. The average molecular weight is 149 g/mol. The Bertz CT molecular complexity index is 400.